The highest BCUT2D eigenvalue weighted by Crippen LogP contribution is 2.23. The lowest BCUT2D eigenvalue weighted by molar-refractivity contribution is -0.118. The van der Waals surface area contributed by atoms with E-state index in [1.807, 2.05) is 36.4 Å². The number of aromatic nitrogens is 1. The molecule has 0 spiro atoms. The Balaban J connectivity index is 1.71. The number of hydrogen-bond acceptors (Lipinski definition) is 5. The Labute approximate surface area is 178 Å². The minimum absolute atomic E-state index is 0.0508. The van der Waals surface area contributed by atoms with Gasteiger partial charge in [0.05, 0.1) is 17.3 Å². The lowest BCUT2D eigenvalue weighted by Crippen LogP contribution is -2.18. The second-order valence-corrected chi connectivity index (χ2v) is 9.30. The van der Waals surface area contributed by atoms with E-state index in [9.17, 15) is 4.79 Å². The molecule has 148 valence electrons. The molecule has 0 atom stereocenters. The van der Waals surface area contributed by atoms with Crippen LogP contribution in [0.25, 0.3) is 10.2 Å². The number of thioether (sulfide) groups is 2. The summed E-state index contributed by atoms with van der Waals surface area (Å²) in [7, 11) is 1.67. The highest BCUT2D eigenvalue weighted by molar-refractivity contribution is 7.99. The summed E-state index contributed by atoms with van der Waals surface area (Å²) in [6, 6.07) is 16.3. The summed E-state index contributed by atoms with van der Waals surface area (Å²) in [6.45, 7) is 0.837. The van der Waals surface area contributed by atoms with Gasteiger partial charge in [-0.15, -0.1) is 11.8 Å². The van der Waals surface area contributed by atoms with Crippen molar-refractivity contribution in [3.63, 3.8) is 0 Å². The minimum Gasteiger partial charge on any atom is -0.497 e. The van der Waals surface area contributed by atoms with Gasteiger partial charge in [-0.25, -0.2) is 0 Å². The first-order chi connectivity index (χ1) is 13.7. The molecule has 0 radical (unpaired) electrons. The van der Waals surface area contributed by atoms with Crippen LogP contribution in [0.15, 0.2) is 58.4 Å². The second-order valence-electron chi connectivity index (χ2n) is 6.13. The fourth-order valence-corrected chi connectivity index (χ4v) is 5.10. The van der Waals surface area contributed by atoms with Gasteiger partial charge in [0.15, 0.2) is 4.80 Å². The molecule has 0 bridgehead atoms. The summed E-state index contributed by atoms with van der Waals surface area (Å²) in [4.78, 5) is 18.9. The normalized spacial score (nSPS) is 11.9. The minimum atomic E-state index is -0.0508. The predicted octanol–water partition coefficient (Wildman–Crippen LogP) is 5.07. The zero-order valence-electron chi connectivity index (χ0n) is 16.1. The Kier molecular flexibility index (Phi) is 8.06. The van der Waals surface area contributed by atoms with Crippen LogP contribution in [0, 0.1) is 0 Å². The fourth-order valence-electron chi connectivity index (χ4n) is 2.76. The van der Waals surface area contributed by atoms with E-state index in [-0.39, 0.29) is 5.91 Å². The number of carbonyl (C=O) groups excluding carboxylic acids is 1. The van der Waals surface area contributed by atoms with Crippen LogP contribution in [-0.4, -0.2) is 35.3 Å². The van der Waals surface area contributed by atoms with Gasteiger partial charge >= 0.3 is 0 Å². The van der Waals surface area contributed by atoms with Crippen molar-refractivity contribution in [3.8, 4) is 5.75 Å². The van der Waals surface area contributed by atoms with E-state index in [2.05, 4.69) is 27.9 Å². The van der Waals surface area contributed by atoms with Crippen LogP contribution in [0.5, 0.6) is 5.75 Å². The molecule has 0 aliphatic rings. The molecule has 0 fully saturated rings. The van der Waals surface area contributed by atoms with Crippen molar-refractivity contribution >= 4 is 51.0 Å². The molecule has 0 saturated carbocycles. The average molecular weight is 433 g/mol. The number of benzene rings is 2. The first-order valence-electron chi connectivity index (χ1n) is 9.13. The number of amides is 1. The molecular formula is C21H24N2O2S3. The van der Waals surface area contributed by atoms with Crippen molar-refractivity contribution in [1.82, 2.24) is 4.57 Å². The van der Waals surface area contributed by atoms with Crippen LogP contribution in [-0.2, 0) is 11.3 Å². The van der Waals surface area contributed by atoms with Crippen LogP contribution in [0.4, 0.5) is 0 Å². The van der Waals surface area contributed by atoms with E-state index < -0.39 is 0 Å². The Morgan fingerprint density at radius 2 is 2.00 bits per heavy atom. The molecule has 4 nitrogen and oxygen atoms in total. The number of hydrogen-bond donors (Lipinski definition) is 0. The molecule has 1 heterocycles. The molecule has 7 heteroatoms. The molecular weight excluding hydrogens is 408 g/mol. The van der Waals surface area contributed by atoms with Gasteiger partial charge < -0.3 is 9.30 Å². The fraction of sp³-hybridized carbons (Fsp3) is 0.333. The largest absolute Gasteiger partial charge is 0.497 e. The third kappa shape index (κ3) is 5.65. The molecule has 0 unspecified atom stereocenters. The molecule has 0 aliphatic carbocycles. The van der Waals surface area contributed by atoms with Crippen molar-refractivity contribution in [2.75, 3.05) is 24.9 Å². The van der Waals surface area contributed by atoms with Crippen molar-refractivity contribution in [2.24, 2.45) is 4.99 Å². The molecule has 2 aromatic carbocycles. The van der Waals surface area contributed by atoms with Gasteiger partial charge in [-0.3, -0.25) is 4.79 Å². The third-order valence-corrected chi connectivity index (χ3v) is 6.91. The highest BCUT2D eigenvalue weighted by Gasteiger charge is 2.09. The Morgan fingerprint density at radius 3 is 2.75 bits per heavy atom. The molecule has 28 heavy (non-hydrogen) atoms. The van der Waals surface area contributed by atoms with E-state index >= 15 is 0 Å². The summed E-state index contributed by atoms with van der Waals surface area (Å²) in [5.74, 6) is 2.67. The molecule has 0 N–H and O–H groups in total. The molecule has 0 saturated heterocycles. The van der Waals surface area contributed by atoms with Gasteiger partial charge in [-0.2, -0.15) is 16.8 Å². The van der Waals surface area contributed by atoms with Crippen LogP contribution in [0.1, 0.15) is 12.8 Å². The number of aryl methyl sites for hydroxylation is 1. The number of rotatable bonds is 9. The second kappa shape index (κ2) is 10.7. The van der Waals surface area contributed by atoms with Crippen molar-refractivity contribution in [2.45, 2.75) is 24.3 Å². The first-order valence-corrected chi connectivity index (χ1v) is 12.3. The van der Waals surface area contributed by atoms with Gasteiger partial charge in [0.2, 0.25) is 5.91 Å². The van der Waals surface area contributed by atoms with Crippen LogP contribution >= 0.6 is 34.9 Å². The van der Waals surface area contributed by atoms with Gasteiger partial charge in [0.25, 0.3) is 0 Å². The highest BCUT2D eigenvalue weighted by atomic mass is 32.2. The zero-order chi connectivity index (χ0) is 19.8. The Bertz CT molecular complexity index is 980. The summed E-state index contributed by atoms with van der Waals surface area (Å²) in [5, 5.41) is 0. The predicted molar refractivity (Wildman–Crippen MR) is 122 cm³/mol. The topological polar surface area (TPSA) is 43.6 Å². The SMILES string of the molecule is COc1ccc2c(c1)sc(=NC(=O)CCCSc1ccccc1)n2CCSC. The van der Waals surface area contributed by atoms with E-state index in [0.717, 1.165) is 45.2 Å². The van der Waals surface area contributed by atoms with Crippen molar-refractivity contribution < 1.29 is 9.53 Å². The molecule has 0 aliphatic heterocycles. The smallest absolute Gasteiger partial charge is 0.248 e. The number of methoxy groups -OCH3 is 1. The molecule has 3 aromatic rings. The standard InChI is InChI=1S/C21H24N2O2S3/c1-25-16-10-11-18-19(15-16)28-21(23(18)12-14-26-2)22-20(24)9-6-13-27-17-7-4-3-5-8-17/h3-5,7-8,10-11,15H,6,9,12-14H2,1-2H3. The zero-order valence-corrected chi connectivity index (χ0v) is 18.5. The Hall–Kier alpha value is -1.70. The van der Waals surface area contributed by atoms with E-state index in [1.54, 1.807) is 42.0 Å². The van der Waals surface area contributed by atoms with Crippen LogP contribution < -0.4 is 9.54 Å². The van der Waals surface area contributed by atoms with Gasteiger partial charge in [0, 0.05) is 23.6 Å². The van der Waals surface area contributed by atoms with Crippen molar-refractivity contribution in [1.29, 1.82) is 0 Å². The lowest BCUT2D eigenvalue weighted by atomic mass is 10.3. The molecule has 1 aromatic heterocycles. The average Bonchev–Trinajstić information content (AvgIpc) is 3.06. The number of ether oxygens (including phenoxy) is 1. The number of thiazole rings is 1. The van der Waals surface area contributed by atoms with E-state index in [0.29, 0.717) is 6.42 Å². The number of fused-ring (bicyclic) bond motifs is 1. The number of nitrogens with zero attached hydrogens (tertiary/aromatic N) is 2. The summed E-state index contributed by atoms with van der Waals surface area (Å²) in [5.41, 5.74) is 1.10. The van der Waals surface area contributed by atoms with Gasteiger partial charge in [0.1, 0.15) is 5.75 Å². The monoisotopic (exact) mass is 432 g/mol. The quantitative estimate of drug-likeness (QED) is 0.350. The van der Waals surface area contributed by atoms with Crippen molar-refractivity contribution in [3.05, 3.63) is 53.3 Å². The maximum atomic E-state index is 12.4. The third-order valence-electron chi connectivity index (χ3n) is 4.18. The van der Waals surface area contributed by atoms with E-state index in [4.69, 9.17) is 4.74 Å². The van der Waals surface area contributed by atoms with Gasteiger partial charge in [-0.05, 0) is 48.8 Å². The summed E-state index contributed by atoms with van der Waals surface area (Å²) < 4.78 is 8.56. The maximum Gasteiger partial charge on any atom is 0.248 e. The maximum absolute atomic E-state index is 12.4. The number of carbonyl (C=O) groups is 1. The first kappa shape index (κ1) is 21.0. The summed E-state index contributed by atoms with van der Waals surface area (Å²) in [6.07, 6.45) is 3.38. The Morgan fingerprint density at radius 1 is 1.18 bits per heavy atom. The van der Waals surface area contributed by atoms with Crippen LogP contribution in [0.3, 0.4) is 0 Å². The van der Waals surface area contributed by atoms with E-state index in [1.165, 1.54) is 4.90 Å². The molecule has 3 rings (SSSR count). The lowest BCUT2D eigenvalue weighted by Gasteiger charge is -2.04. The molecule has 1 amide bonds. The van der Waals surface area contributed by atoms with Gasteiger partial charge in [-0.1, -0.05) is 29.5 Å². The summed E-state index contributed by atoms with van der Waals surface area (Å²) >= 11 is 5.12. The van der Waals surface area contributed by atoms with Crippen LogP contribution in [0.2, 0.25) is 0 Å².